The lowest BCUT2D eigenvalue weighted by molar-refractivity contribution is -0.134. The van der Waals surface area contributed by atoms with Crippen molar-refractivity contribution in [2.24, 2.45) is 0 Å². The van der Waals surface area contributed by atoms with E-state index in [0.29, 0.717) is 52.9 Å². The highest BCUT2D eigenvalue weighted by Gasteiger charge is 2.34. The number of hydrogen-bond donors (Lipinski definition) is 1. The highest BCUT2D eigenvalue weighted by molar-refractivity contribution is 7.12. The van der Waals surface area contributed by atoms with Gasteiger partial charge in [0.1, 0.15) is 10.6 Å². The summed E-state index contributed by atoms with van der Waals surface area (Å²) in [5.74, 6) is -0.537. The van der Waals surface area contributed by atoms with Crippen molar-refractivity contribution in [1.82, 2.24) is 14.8 Å². The predicted molar refractivity (Wildman–Crippen MR) is 109 cm³/mol. The summed E-state index contributed by atoms with van der Waals surface area (Å²) in [6, 6.07) is 3.53. The zero-order valence-corrected chi connectivity index (χ0v) is 18.1. The topological polar surface area (TPSA) is 63.6 Å². The summed E-state index contributed by atoms with van der Waals surface area (Å²) in [5.41, 5.74) is 1.41. The first-order valence-corrected chi connectivity index (χ1v) is 11.1. The van der Waals surface area contributed by atoms with Gasteiger partial charge in [-0.2, -0.15) is 13.2 Å². The summed E-state index contributed by atoms with van der Waals surface area (Å²) in [6.45, 7) is 5.47. The van der Waals surface area contributed by atoms with Gasteiger partial charge in [0, 0.05) is 24.0 Å². The molecule has 2 amide bonds. The highest BCUT2D eigenvalue weighted by atomic mass is 32.1. The third-order valence-corrected chi connectivity index (χ3v) is 7.18. The molecule has 0 saturated carbocycles. The molecular weight excluding hydrogens is 431 g/mol. The van der Waals surface area contributed by atoms with Gasteiger partial charge in [-0.15, -0.1) is 11.3 Å². The number of fused-ring (bicyclic) bond motifs is 1. The van der Waals surface area contributed by atoms with Gasteiger partial charge in [-0.05, 0) is 44.9 Å². The van der Waals surface area contributed by atoms with E-state index in [2.05, 4.69) is 5.32 Å². The van der Waals surface area contributed by atoms with Crippen molar-refractivity contribution in [1.29, 1.82) is 0 Å². The van der Waals surface area contributed by atoms with Crippen molar-refractivity contribution in [2.45, 2.75) is 58.1 Å². The number of ether oxygens (including phenoxy) is 1. The van der Waals surface area contributed by atoms with Crippen LogP contribution in [0.15, 0.2) is 18.2 Å². The van der Waals surface area contributed by atoms with Crippen LogP contribution in [0.2, 0.25) is 0 Å². The fourth-order valence-corrected chi connectivity index (χ4v) is 5.04. The Morgan fingerprint density at radius 2 is 2.06 bits per heavy atom. The van der Waals surface area contributed by atoms with Crippen molar-refractivity contribution in [3.8, 4) is 0 Å². The first-order chi connectivity index (χ1) is 14.7. The molecule has 168 valence electrons. The van der Waals surface area contributed by atoms with E-state index < -0.39 is 23.0 Å². The summed E-state index contributed by atoms with van der Waals surface area (Å²) < 4.78 is 46.0. The Balaban J connectivity index is 1.57. The molecule has 10 heteroatoms. The van der Waals surface area contributed by atoms with E-state index in [0.717, 1.165) is 18.9 Å². The standard InChI is InChI=1S/C21H24F3N3O3S/c1-12-4-3-7-26(12)20(29)15-10-14(16-11-30-9-8-27(15)16)19(28)25-13(2)17-5-6-18(31-17)21(22,23)24/h5-6,10,12-13H,3-4,7-9,11H2,1-2H3,(H,25,28)/t12?,13-/m1/s1. The molecule has 6 nitrogen and oxygen atoms in total. The number of alkyl halides is 3. The second-order valence-electron chi connectivity index (χ2n) is 7.98. The molecule has 2 aromatic heterocycles. The zero-order valence-electron chi connectivity index (χ0n) is 17.3. The van der Waals surface area contributed by atoms with E-state index in [1.165, 1.54) is 6.07 Å². The van der Waals surface area contributed by atoms with E-state index in [1.54, 1.807) is 13.0 Å². The molecule has 31 heavy (non-hydrogen) atoms. The van der Waals surface area contributed by atoms with Gasteiger partial charge in [0.05, 0.1) is 30.5 Å². The Hall–Kier alpha value is -2.33. The molecule has 1 fully saturated rings. The number of halogens is 3. The van der Waals surface area contributed by atoms with Gasteiger partial charge in [0.2, 0.25) is 0 Å². The molecule has 4 rings (SSSR count). The molecule has 1 unspecified atom stereocenters. The number of thiophene rings is 1. The number of nitrogens with zero attached hydrogens (tertiary/aromatic N) is 2. The van der Waals surface area contributed by atoms with E-state index in [9.17, 15) is 22.8 Å². The molecule has 0 aromatic carbocycles. The van der Waals surface area contributed by atoms with Crippen LogP contribution in [0.3, 0.4) is 0 Å². The lowest BCUT2D eigenvalue weighted by Gasteiger charge is -2.24. The number of rotatable bonds is 4. The molecule has 1 saturated heterocycles. The minimum absolute atomic E-state index is 0.103. The maximum atomic E-state index is 13.1. The molecule has 2 aromatic rings. The van der Waals surface area contributed by atoms with Gasteiger partial charge in [-0.1, -0.05) is 0 Å². The second-order valence-corrected chi connectivity index (χ2v) is 9.09. The quantitative estimate of drug-likeness (QED) is 0.751. The van der Waals surface area contributed by atoms with Crippen LogP contribution in [0.1, 0.15) is 69.0 Å². The van der Waals surface area contributed by atoms with Crippen LogP contribution in [-0.2, 0) is 24.1 Å². The van der Waals surface area contributed by atoms with Gasteiger partial charge in [-0.3, -0.25) is 9.59 Å². The van der Waals surface area contributed by atoms with Gasteiger partial charge < -0.3 is 19.5 Å². The molecule has 2 aliphatic rings. The first kappa shape index (κ1) is 21.9. The number of carbonyl (C=O) groups is 2. The number of likely N-dealkylation sites (tertiary alicyclic amines) is 1. The van der Waals surface area contributed by atoms with Crippen molar-refractivity contribution >= 4 is 23.2 Å². The van der Waals surface area contributed by atoms with Crippen LogP contribution in [0.25, 0.3) is 0 Å². The minimum Gasteiger partial charge on any atom is -0.373 e. The monoisotopic (exact) mass is 455 g/mol. The number of carbonyl (C=O) groups excluding carboxylic acids is 2. The van der Waals surface area contributed by atoms with Crippen LogP contribution in [0.5, 0.6) is 0 Å². The minimum atomic E-state index is -4.41. The van der Waals surface area contributed by atoms with Gasteiger partial charge in [0.25, 0.3) is 11.8 Å². The number of amides is 2. The average molecular weight is 456 g/mol. The molecule has 4 heterocycles. The van der Waals surface area contributed by atoms with Crippen LogP contribution in [0, 0.1) is 0 Å². The van der Waals surface area contributed by atoms with Crippen LogP contribution >= 0.6 is 11.3 Å². The molecular formula is C21H24F3N3O3S. The van der Waals surface area contributed by atoms with Gasteiger partial charge in [0.15, 0.2) is 0 Å². The molecule has 2 aliphatic heterocycles. The van der Waals surface area contributed by atoms with E-state index >= 15 is 0 Å². The molecule has 0 radical (unpaired) electrons. The van der Waals surface area contributed by atoms with Crippen molar-refractivity contribution in [3.63, 3.8) is 0 Å². The summed E-state index contributed by atoms with van der Waals surface area (Å²) in [7, 11) is 0. The lowest BCUT2D eigenvalue weighted by Crippen LogP contribution is -2.35. The van der Waals surface area contributed by atoms with Crippen LogP contribution in [-0.4, -0.2) is 40.5 Å². The number of hydrogen-bond acceptors (Lipinski definition) is 4. The fraction of sp³-hybridized carbons (Fsp3) is 0.524. The summed E-state index contributed by atoms with van der Waals surface area (Å²) in [5, 5.41) is 2.77. The Morgan fingerprint density at radius 1 is 1.29 bits per heavy atom. The predicted octanol–water partition coefficient (Wildman–Crippen LogP) is 4.21. The van der Waals surface area contributed by atoms with Gasteiger partial charge in [-0.25, -0.2) is 0 Å². The fourth-order valence-electron chi connectivity index (χ4n) is 4.16. The van der Waals surface area contributed by atoms with Gasteiger partial charge >= 0.3 is 6.18 Å². The lowest BCUT2D eigenvalue weighted by atomic mass is 10.2. The summed E-state index contributed by atoms with van der Waals surface area (Å²) >= 11 is 0.611. The van der Waals surface area contributed by atoms with Crippen molar-refractivity contribution in [3.05, 3.63) is 44.9 Å². The molecule has 0 aliphatic carbocycles. The SMILES string of the molecule is CC1CCCN1C(=O)c1cc(C(=O)N[C@H](C)c2ccc(C(F)(F)F)s2)c2n1CCOC2. The Kier molecular flexibility index (Phi) is 5.87. The van der Waals surface area contributed by atoms with Crippen molar-refractivity contribution in [2.75, 3.05) is 13.2 Å². The number of nitrogens with one attached hydrogen (secondary N) is 1. The molecule has 2 atom stereocenters. The maximum Gasteiger partial charge on any atom is 0.425 e. The first-order valence-electron chi connectivity index (χ1n) is 10.3. The van der Waals surface area contributed by atoms with E-state index in [4.69, 9.17) is 4.74 Å². The molecule has 1 N–H and O–H groups in total. The average Bonchev–Trinajstić information content (AvgIpc) is 3.45. The molecule has 0 bridgehead atoms. The molecule has 0 spiro atoms. The Morgan fingerprint density at radius 3 is 2.71 bits per heavy atom. The van der Waals surface area contributed by atoms with Crippen molar-refractivity contribution < 1.29 is 27.5 Å². The smallest absolute Gasteiger partial charge is 0.373 e. The van der Waals surface area contributed by atoms with E-state index in [-0.39, 0.29) is 18.6 Å². The normalized spacial score (nSPS) is 19.9. The third-order valence-electron chi connectivity index (χ3n) is 5.86. The summed E-state index contributed by atoms with van der Waals surface area (Å²) in [6.07, 6.45) is -2.50. The third kappa shape index (κ3) is 4.23. The van der Waals surface area contributed by atoms with E-state index in [1.807, 2.05) is 16.4 Å². The zero-order chi connectivity index (χ0) is 22.3. The van der Waals surface area contributed by atoms with Crippen LogP contribution in [0.4, 0.5) is 13.2 Å². The number of aromatic nitrogens is 1. The Bertz CT molecular complexity index is 998. The highest BCUT2D eigenvalue weighted by Crippen LogP contribution is 2.36. The maximum absolute atomic E-state index is 13.1. The second kappa shape index (κ2) is 8.31. The van der Waals surface area contributed by atoms with Crippen LogP contribution < -0.4 is 5.32 Å². The summed E-state index contributed by atoms with van der Waals surface area (Å²) in [4.78, 5) is 27.7. The largest absolute Gasteiger partial charge is 0.425 e. The Labute approximate surface area is 182 Å².